The summed E-state index contributed by atoms with van der Waals surface area (Å²) in [5, 5.41) is 17.2. The monoisotopic (exact) mass is 477 g/mol. The molecule has 0 saturated carbocycles. The molecule has 3 aromatic heterocycles. The fourth-order valence-electron chi connectivity index (χ4n) is 6.46. The standard InChI is InChI=1S/C27H27N9/c28-15-18-5-1-4-17-12-27(13-19(17)18)8-11-36(22(29)14-27)23-16-31-24-25(32-23)33-34-26(24)35-10-3-6-20-21(35)7-2-9-30-20/h1-2,4-5,7,9,16,22H,3,6,8,10-14,29H2,(H,32,33,34). The van der Waals surface area contributed by atoms with Crippen LogP contribution in [0, 0.1) is 16.7 Å². The molecule has 36 heavy (non-hydrogen) atoms. The van der Waals surface area contributed by atoms with E-state index < -0.39 is 0 Å². The Bertz CT molecular complexity index is 1520. The van der Waals surface area contributed by atoms with E-state index in [2.05, 4.69) is 43.2 Å². The van der Waals surface area contributed by atoms with Gasteiger partial charge in [0.2, 0.25) is 0 Å². The Morgan fingerprint density at radius 1 is 1.14 bits per heavy atom. The lowest BCUT2D eigenvalue weighted by Crippen LogP contribution is -2.52. The maximum Gasteiger partial charge on any atom is 0.183 e. The smallest absolute Gasteiger partial charge is 0.183 e. The number of aromatic amines is 1. The lowest BCUT2D eigenvalue weighted by Gasteiger charge is -2.44. The minimum absolute atomic E-state index is 0.111. The number of aromatic nitrogens is 5. The Morgan fingerprint density at radius 2 is 2.08 bits per heavy atom. The highest BCUT2D eigenvalue weighted by Crippen LogP contribution is 2.47. The predicted octanol–water partition coefficient (Wildman–Crippen LogP) is 3.37. The first-order valence-electron chi connectivity index (χ1n) is 12.6. The number of nitrogens with two attached hydrogens (primary N) is 1. The van der Waals surface area contributed by atoms with Crippen molar-refractivity contribution in [1.29, 1.82) is 5.26 Å². The van der Waals surface area contributed by atoms with Crippen molar-refractivity contribution in [3.05, 3.63) is 65.1 Å². The van der Waals surface area contributed by atoms with Crippen LogP contribution in [-0.2, 0) is 19.3 Å². The molecule has 5 heterocycles. The van der Waals surface area contributed by atoms with Gasteiger partial charge in [-0.05, 0) is 73.3 Å². The summed E-state index contributed by atoms with van der Waals surface area (Å²) in [6.45, 7) is 1.68. The summed E-state index contributed by atoms with van der Waals surface area (Å²) in [7, 11) is 0. The maximum absolute atomic E-state index is 9.54. The first-order chi connectivity index (χ1) is 17.6. The first kappa shape index (κ1) is 21.3. The second-order valence-corrected chi connectivity index (χ2v) is 10.3. The van der Waals surface area contributed by atoms with E-state index in [0.29, 0.717) is 5.65 Å². The molecule has 1 aliphatic carbocycles. The normalized spacial score (nSPS) is 23.1. The molecular formula is C27H27N9. The highest BCUT2D eigenvalue weighted by Gasteiger charge is 2.44. The average molecular weight is 478 g/mol. The molecule has 9 nitrogen and oxygen atoms in total. The summed E-state index contributed by atoms with van der Waals surface area (Å²) in [5.41, 5.74) is 13.8. The number of piperidine rings is 1. The maximum atomic E-state index is 9.54. The predicted molar refractivity (Wildman–Crippen MR) is 137 cm³/mol. The number of H-pyrrole nitrogens is 1. The van der Waals surface area contributed by atoms with E-state index in [1.807, 2.05) is 30.6 Å². The van der Waals surface area contributed by atoms with Crippen LogP contribution in [0.1, 0.15) is 41.6 Å². The van der Waals surface area contributed by atoms with E-state index in [-0.39, 0.29) is 11.6 Å². The minimum Gasteiger partial charge on any atom is -0.340 e. The largest absolute Gasteiger partial charge is 0.340 e. The molecule has 0 bridgehead atoms. The molecule has 7 rings (SSSR count). The number of nitrogens with one attached hydrogen (secondary N) is 1. The van der Waals surface area contributed by atoms with Crippen molar-refractivity contribution >= 4 is 28.5 Å². The van der Waals surface area contributed by atoms with Gasteiger partial charge in [0.15, 0.2) is 22.8 Å². The molecule has 180 valence electrons. The Labute approximate surface area is 209 Å². The van der Waals surface area contributed by atoms with Crippen LogP contribution < -0.4 is 15.5 Å². The van der Waals surface area contributed by atoms with Crippen LogP contribution in [0.5, 0.6) is 0 Å². The molecule has 1 saturated heterocycles. The number of aryl methyl sites for hydroxylation is 1. The Hall–Kier alpha value is -4.03. The van der Waals surface area contributed by atoms with Gasteiger partial charge < -0.3 is 15.5 Å². The van der Waals surface area contributed by atoms with Gasteiger partial charge in [0.25, 0.3) is 0 Å². The van der Waals surface area contributed by atoms with Crippen LogP contribution in [0.2, 0.25) is 0 Å². The molecule has 9 heteroatoms. The minimum atomic E-state index is -0.159. The zero-order valence-electron chi connectivity index (χ0n) is 20.0. The van der Waals surface area contributed by atoms with Crippen LogP contribution in [0.4, 0.5) is 17.3 Å². The van der Waals surface area contributed by atoms with Crippen LogP contribution >= 0.6 is 0 Å². The van der Waals surface area contributed by atoms with Crippen molar-refractivity contribution < 1.29 is 0 Å². The number of rotatable bonds is 2. The number of anilines is 3. The highest BCUT2D eigenvalue weighted by atomic mass is 15.3. The van der Waals surface area contributed by atoms with Crippen molar-refractivity contribution in [2.24, 2.45) is 11.1 Å². The molecule has 2 aliphatic heterocycles. The van der Waals surface area contributed by atoms with Gasteiger partial charge in [-0.1, -0.05) is 12.1 Å². The molecule has 1 spiro atoms. The van der Waals surface area contributed by atoms with E-state index in [1.165, 1.54) is 11.1 Å². The van der Waals surface area contributed by atoms with Gasteiger partial charge in [-0.25, -0.2) is 9.97 Å². The second-order valence-electron chi connectivity index (χ2n) is 10.3. The topological polar surface area (TPSA) is 124 Å². The Kier molecular flexibility index (Phi) is 4.73. The van der Waals surface area contributed by atoms with Crippen molar-refractivity contribution in [2.75, 3.05) is 22.9 Å². The second kappa shape index (κ2) is 8.00. The summed E-state index contributed by atoms with van der Waals surface area (Å²) >= 11 is 0. The highest BCUT2D eigenvalue weighted by molar-refractivity contribution is 5.87. The van der Waals surface area contributed by atoms with Crippen LogP contribution in [0.3, 0.4) is 0 Å². The van der Waals surface area contributed by atoms with E-state index in [1.54, 1.807) is 0 Å². The lowest BCUT2D eigenvalue weighted by atomic mass is 9.74. The molecule has 4 aromatic rings. The molecule has 2 atom stereocenters. The molecule has 3 aliphatic rings. The molecule has 1 aromatic carbocycles. The number of nitrogens with zero attached hydrogens (tertiary/aromatic N) is 7. The fraction of sp³-hybridized carbons (Fsp3) is 0.370. The SMILES string of the molecule is N#Cc1cccc2c1CC1(CCN(c3cnc4c(N5CCCc6ncccc65)n[nH]c4n3)C(N)C1)C2. The van der Waals surface area contributed by atoms with Crippen LogP contribution in [0.25, 0.3) is 11.2 Å². The van der Waals surface area contributed by atoms with Gasteiger partial charge in [0.1, 0.15) is 0 Å². The molecule has 1 fully saturated rings. The third-order valence-corrected chi connectivity index (χ3v) is 8.18. The van der Waals surface area contributed by atoms with Crippen LogP contribution in [0.15, 0.2) is 42.7 Å². The van der Waals surface area contributed by atoms with E-state index in [4.69, 9.17) is 15.7 Å². The Balaban J connectivity index is 1.14. The number of hydrogen-bond acceptors (Lipinski definition) is 8. The van der Waals surface area contributed by atoms with E-state index >= 15 is 0 Å². The van der Waals surface area contributed by atoms with Crippen LogP contribution in [-0.4, -0.2) is 44.4 Å². The molecule has 3 N–H and O–H groups in total. The van der Waals surface area contributed by atoms with E-state index in [9.17, 15) is 5.26 Å². The average Bonchev–Trinajstić information content (AvgIpc) is 3.49. The summed E-state index contributed by atoms with van der Waals surface area (Å²) in [4.78, 5) is 18.6. The zero-order valence-corrected chi connectivity index (χ0v) is 20.0. The van der Waals surface area contributed by atoms with Gasteiger partial charge in [-0.3, -0.25) is 10.1 Å². The van der Waals surface area contributed by atoms with Gasteiger partial charge >= 0.3 is 0 Å². The van der Waals surface area contributed by atoms with Crippen molar-refractivity contribution in [3.8, 4) is 6.07 Å². The number of fused-ring (bicyclic) bond motifs is 3. The summed E-state index contributed by atoms with van der Waals surface area (Å²) in [6.07, 6.45) is 9.28. The molecule has 2 unspecified atom stereocenters. The van der Waals surface area contributed by atoms with Crippen molar-refractivity contribution in [1.82, 2.24) is 25.1 Å². The third kappa shape index (κ3) is 3.25. The number of benzene rings is 1. The van der Waals surface area contributed by atoms with Gasteiger partial charge in [-0.15, -0.1) is 0 Å². The summed E-state index contributed by atoms with van der Waals surface area (Å²) in [6, 6.07) is 12.5. The third-order valence-electron chi connectivity index (χ3n) is 8.18. The Morgan fingerprint density at radius 3 is 2.97 bits per heavy atom. The molecule has 0 amide bonds. The number of nitriles is 1. The first-order valence-corrected chi connectivity index (χ1v) is 12.6. The summed E-state index contributed by atoms with van der Waals surface area (Å²) < 4.78 is 0. The zero-order chi connectivity index (χ0) is 24.3. The number of pyridine rings is 1. The van der Waals surface area contributed by atoms with Gasteiger partial charge in [0.05, 0.1) is 35.4 Å². The van der Waals surface area contributed by atoms with E-state index in [0.717, 1.165) is 85.7 Å². The van der Waals surface area contributed by atoms with Gasteiger partial charge in [0, 0.05) is 19.3 Å². The van der Waals surface area contributed by atoms with Gasteiger partial charge in [-0.2, -0.15) is 10.4 Å². The van der Waals surface area contributed by atoms with Crippen molar-refractivity contribution in [2.45, 2.75) is 44.7 Å². The number of hydrogen-bond donors (Lipinski definition) is 2. The lowest BCUT2D eigenvalue weighted by molar-refractivity contribution is 0.198. The fourth-order valence-corrected chi connectivity index (χ4v) is 6.46. The quantitative estimate of drug-likeness (QED) is 0.450. The summed E-state index contributed by atoms with van der Waals surface area (Å²) in [5.74, 6) is 1.56. The molecular weight excluding hydrogens is 450 g/mol. The molecule has 0 radical (unpaired) electrons. The van der Waals surface area contributed by atoms with Crippen molar-refractivity contribution in [3.63, 3.8) is 0 Å².